The van der Waals surface area contributed by atoms with Crippen molar-refractivity contribution in [2.45, 2.75) is 31.7 Å². The standard InChI is InChI=1S/C11H14ClNOS/c12-8-5-6-15-11(8)10(14)7-3-1-2-4-9(7)13/h5-7,9H,1-4,13H2. The molecule has 1 fully saturated rings. The minimum absolute atomic E-state index is 0.0180. The molecule has 1 heterocycles. The Morgan fingerprint density at radius 1 is 1.47 bits per heavy atom. The smallest absolute Gasteiger partial charge is 0.178 e. The lowest BCUT2D eigenvalue weighted by Gasteiger charge is -2.26. The van der Waals surface area contributed by atoms with Gasteiger partial charge in [-0.3, -0.25) is 4.79 Å². The van der Waals surface area contributed by atoms with Crippen molar-refractivity contribution in [2.24, 2.45) is 11.7 Å². The number of carbonyl (C=O) groups excluding carboxylic acids is 1. The minimum atomic E-state index is -0.0186. The zero-order valence-electron chi connectivity index (χ0n) is 8.41. The highest BCUT2D eigenvalue weighted by atomic mass is 35.5. The summed E-state index contributed by atoms with van der Waals surface area (Å²) in [7, 11) is 0. The number of nitrogens with two attached hydrogens (primary N) is 1. The lowest BCUT2D eigenvalue weighted by molar-refractivity contribution is 0.0875. The van der Waals surface area contributed by atoms with E-state index in [0.29, 0.717) is 9.90 Å². The van der Waals surface area contributed by atoms with Gasteiger partial charge < -0.3 is 5.73 Å². The van der Waals surface area contributed by atoms with Crippen LogP contribution < -0.4 is 5.73 Å². The summed E-state index contributed by atoms with van der Waals surface area (Å²) in [6.07, 6.45) is 4.11. The summed E-state index contributed by atoms with van der Waals surface area (Å²) in [6.45, 7) is 0. The van der Waals surface area contributed by atoms with Crippen molar-refractivity contribution in [1.29, 1.82) is 0 Å². The van der Waals surface area contributed by atoms with Crippen molar-refractivity contribution in [3.05, 3.63) is 21.3 Å². The lowest BCUT2D eigenvalue weighted by Crippen LogP contribution is -2.37. The van der Waals surface area contributed by atoms with Gasteiger partial charge in [0.25, 0.3) is 0 Å². The third-order valence-electron chi connectivity index (χ3n) is 3.00. The molecule has 0 aromatic carbocycles. The lowest BCUT2D eigenvalue weighted by atomic mass is 9.82. The van der Waals surface area contributed by atoms with Gasteiger partial charge in [0.1, 0.15) is 0 Å². The maximum Gasteiger partial charge on any atom is 0.178 e. The Balaban J connectivity index is 2.17. The van der Waals surface area contributed by atoms with Gasteiger partial charge in [-0.25, -0.2) is 0 Å². The molecule has 2 N–H and O–H groups in total. The predicted octanol–water partition coefficient (Wildman–Crippen LogP) is 3.10. The van der Waals surface area contributed by atoms with Crippen LogP contribution in [0.4, 0.5) is 0 Å². The van der Waals surface area contributed by atoms with E-state index in [1.807, 2.05) is 5.38 Å². The first-order valence-electron chi connectivity index (χ1n) is 5.23. The maximum atomic E-state index is 12.1. The van der Waals surface area contributed by atoms with Crippen molar-refractivity contribution in [3.8, 4) is 0 Å². The first kappa shape index (κ1) is 11.1. The molecule has 0 spiro atoms. The van der Waals surface area contributed by atoms with Crippen LogP contribution in [0.5, 0.6) is 0 Å². The Morgan fingerprint density at radius 3 is 2.80 bits per heavy atom. The molecule has 0 radical (unpaired) electrons. The van der Waals surface area contributed by atoms with Gasteiger partial charge in [-0.05, 0) is 24.3 Å². The van der Waals surface area contributed by atoms with Crippen molar-refractivity contribution in [2.75, 3.05) is 0 Å². The summed E-state index contributed by atoms with van der Waals surface area (Å²) in [4.78, 5) is 12.8. The van der Waals surface area contributed by atoms with E-state index in [1.165, 1.54) is 11.3 Å². The van der Waals surface area contributed by atoms with E-state index >= 15 is 0 Å². The topological polar surface area (TPSA) is 43.1 Å². The van der Waals surface area contributed by atoms with Crippen LogP contribution in [0.15, 0.2) is 11.4 Å². The Hall–Kier alpha value is -0.380. The average molecular weight is 244 g/mol. The molecule has 1 aliphatic rings. The summed E-state index contributed by atoms with van der Waals surface area (Å²) in [5.41, 5.74) is 5.98. The van der Waals surface area contributed by atoms with Crippen LogP contribution in [0.25, 0.3) is 0 Å². The Labute approximate surface area is 98.4 Å². The van der Waals surface area contributed by atoms with Crippen molar-refractivity contribution in [1.82, 2.24) is 0 Å². The fourth-order valence-corrected chi connectivity index (χ4v) is 3.28. The number of rotatable bonds is 2. The van der Waals surface area contributed by atoms with Crippen LogP contribution in [0.1, 0.15) is 35.4 Å². The summed E-state index contributed by atoms with van der Waals surface area (Å²) >= 11 is 7.37. The Bertz CT molecular complexity index is 363. The third kappa shape index (κ3) is 2.25. The molecule has 0 bridgehead atoms. The van der Waals surface area contributed by atoms with E-state index in [-0.39, 0.29) is 17.7 Å². The van der Waals surface area contributed by atoms with Crippen LogP contribution in [0.3, 0.4) is 0 Å². The number of ketones is 1. The molecular weight excluding hydrogens is 230 g/mol. The van der Waals surface area contributed by atoms with E-state index in [1.54, 1.807) is 6.07 Å². The highest BCUT2D eigenvalue weighted by molar-refractivity contribution is 7.12. The van der Waals surface area contributed by atoms with Crippen LogP contribution in [0.2, 0.25) is 5.02 Å². The molecule has 1 saturated carbocycles. The molecule has 4 heteroatoms. The summed E-state index contributed by atoms with van der Waals surface area (Å²) in [5.74, 6) is 0.122. The zero-order chi connectivity index (χ0) is 10.8. The van der Waals surface area contributed by atoms with Gasteiger partial charge in [-0.1, -0.05) is 24.4 Å². The quantitative estimate of drug-likeness (QED) is 0.812. The average Bonchev–Trinajstić information content (AvgIpc) is 2.64. The van der Waals surface area contributed by atoms with E-state index in [9.17, 15) is 4.79 Å². The van der Waals surface area contributed by atoms with Gasteiger partial charge in [0.2, 0.25) is 0 Å². The van der Waals surface area contributed by atoms with E-state index in [2.05, 4.69) is 0 Å². The van der Waals surface area contributed by atoms with Crippen LogP contribution >= 0.6 is 22.9 Å². The molecule has 15 heavy (non-hydrogen) atoms. The number of Topliss-reactive ketones (excluding diaryl/α,β-unsaturated/α-hetero) is 1. The fourth-order valence-electron chi connectivity index (χ4n) is 2.12. The summed E-state index contributed by atoms with van der Waals surface area (Å²) < 4.78 is 0. The van der Waals surface area contributed by atoms with Crippen molar-refractivity contribution < 1.29 is 4.79 Å². The monoisotopic (exact) mass is 243 g/mol. The predicted molar refractivity (Wildman–Crippen MR) is 63.6 cm³/mol. The first-order chi connectivity index (χ1) is 7.20. The fraction of sp³-hybridized carbons (Fsp3) is 0.545. The van der Waals surface area contributed by atoms with Gasteiger partial charge in [0, 0.05) is 12.0 Å². The van der Waals surface area contributed by atoms with Crippen molar-refractivity contribution >= 4 is 28.7 Å². The molecule has 1 aromatic heterocycles. The number of hydrogen-bond acceptors (Lipinski definition) is 3. The van der Waals surface area contributed by atoms with E-state index in [4.69, 9.17) is 17.3 Å². The molecule has 0 aliphatic heterocycles. The second kappa shape index (κ2) is 4.64. The van der Waals surface area contributed by atoms with Crippen molar-refractivity contribution in [3.63, 3.8) is 0 Å². The molecule has 1 aromatic rings. The molecule has 2 nitrogen and oxygen atoms in total. The van der Waals surface area contributed by atoms with Gasteiger partial charge in [-0.2, -0.15) is 0 Å². The van der Waals surface area contributed by atoms with Gasteiger partial charge in [-0.15, -0.1) is 11.3 Å². The molecule has 2 rings (SSSR count). The maximum absolute atomic E-state index is 12.1. The van der Waals surface area contributed by atoms with Crippen LogP contribution in [-0.4, -0.2) is 11.8 Å². The number of thiophene rings is 1. The SMILES string of the molecule is NC1CCCCC1C(=O)c1sccc1Cl. The number of carbonyl (C=O) groups is 1. The van der Waals surface area contributed by atoms with Gasteiger partial charge in [0.15, 0.2) is 5.78 Å². The number of hydrogen-bond donors (Lipinski definition) is 1. The molecule has 2 atom stereocenters. The zero-order valence-corrected chi connectivity index (χ0v) is 9.98. The normalized spacial score (nSPS) is 26.5. The highest BCUT2D eigenvalue weighted by Gasteiger charge is 2.30. The number of halogens is 1. The summed E-state index contributed by atoms with van der Waals surface area (Å²) in [6, 6.07) is 1.79. The first-order valence-corrected chi connectivity index (χ1v) is 6.48. The molecule has 0 saturated heterocycles. The van der Waals surface area contributed by atoms with Gasteiger partial charge >= 0.3 is 0 Å². The Morgan fingerprint density at radius 2 is 2.20 bits per heavy atom. The molecule has 1 aliphatic carbocycles. The largest absolute Gasteiger partial charge is 0.327 e. The minimum Gasteiger partial charge on any atom is -0.327 e. The summed E-state index contributed by atoms with van der Waals surface area (Å²) in [5, 5.41) is 2.42. The molecule has 2 unspecified atom stereocenters. The highest BCUT2D eigenvalue weighted by Crippen LogP contribution is 2.31. The van der Waals surface area contributed by atoms with E-state index < -0.39 is 0 Å². The van der Waals surface area contributed by atoms with Gasteiger partial charge in [0.05, 0.1) is 9.90 Å². The van der Waals surface area contributed by atoms with Crippen LogP contribution in [-0.2, 0) is 0 Å². The second-order valence-electron chi connectivity index (χ2n) is 4.02. The second-order valence-corrected chi connectivity index (χ2v) is 5.34. The molecular formula is C11H14ClNOS. The third-order valence-corrected chi connectivity index (χ3v) is 4.35. The van der Waals surface area contributed by atoms with E-state index in [0.717, 1.165) is 25.7 Å². The molecule has 0 amide bonds. The van der Waals surface area contributed by atoms with Crippen LogP contribution in [0, 0.1) is 5.92 Å². The molecule has 82 valence electrons. The Kier molecular flexibility index (Phi) is 3.44.